The van der Waals surface area contributed by atoms with E-state index in [1.807, 2.05) is 19.1 Å². The van der Waals surface area contributed by atoms with Crippen molar-refractivity contribution in [3.63, 3.8) is 0 Å². The summed E-state index contributed by atoms with van der Waals surface area (Å²) in [4.78, 5) is 43.3. The van der Waals surface area contributed by atoms with Crippen molar-refractivity contribution in [2.75, 3.05) is 49.5 Å². The van der Waals surface area contributed by atoms with Gasteiger partial charge in [-0.15, -0.1) is 0 Å². The van der Waals surface area contributed by atoms with Gasteiger partial charge in [-0.05, 0) is 61.0 Å². The maximum absolute atomic E-state index is 14.0. The molecule has 4 rings (SSSR count). The van der Waals surface area contributed by atoms with Gasteiger partial charge in [0.15, 0.2) is 0 Å². The van der Waals surface area contributed by atoms with Crippen LogP contribution in [-0.2, 0) is 4.79 Å². The number of nitrogens with zero attached hydrogens (tertiary/aromatic N) is 3. The Morgan fingerprint density at radius 3 is 2.26 bits per heavy atom. The molecule has 198 valence electrons. The zero-order valence-corrected chi connectivity index (χ0v) is 21.2. The number of anilines is 2. The van der Waals surface area contributed by atoms with E-state index in [4.69, 9.17) is 0 Å². The molecule has 3 aromatic carbocycles. The molecule has 9 heteroatoms. The lowest BCUT2D eigenvalue weighted by molar-refractivity contribution is -0.116. The Morgan fingerprint density at radius 1 is 0.895 bits per heavy atom. The lowest BCUT2D eigenvalue weighted by Crippen LogP contribution is -2.49. The molecule has 1 fully saturated rings. The molecule has 0 radical (unpaired) electrons. The van der Waals surface area contributed by atoms with E-state index in [-0.39, 0.29) is 29.5 Å². The number of hydrogen-bond donors (Lipinski definition) is 1. The molecule has 3 amide bonds. The number of carbonyl (C=O) groups excluding carboxylic acids is 3. The van der Waals surface area contributed by atoms with Gasteiger partial charge in [0.2, 0.25) is 5.91 Å². The van der Waals surface area contributed by atoms with E-state index in [1.54, 1.807) is 29.2 Å². The molecule has 0 aliphatic carbocycles. The van der Waals surface area contributed by atoms with Crippen LogP contribution in [0.2, 0.25) is 0 Å². The number of carbonyl (C=O) groups is 3. The van der Waals surface area contributed by atoms with E-state index in [0.29, 0.717) is 44.8 Å². The molecule has 0 unspecified atom stereocenters. The quantitative estimate of drug-likeness (QED) is 0.478. The second-order valence-electron chi connectivity index (χ2n) is 9.09. The minimum atomic E-state index is -0.520. The monoisotopic (exact) mass is 520 g/mol. The van der Waals surface area contributed by atoms with Crippen LogP contribution in [0.3, 0.4) is 0 Å². The van der Waals surface area contributed by atoms with Gasteiger partial charge < -0.3 is 20.0 Å². The predicted octanol–water partition coefficient (Wildman–Crippen LogP) is 4.42. The third kappa shape index (κ3) is 6.53. The van der Waals surface area contributed by atoms with Crippen molar-refractivity contribution in [3.8, 4) is 0 Å². The number of benzene rings is 3. The largest absolute Gasteiger partial charge is 0.368 e. The van der Waals surface area contributed by atoms with E-state index in [2.05, 4.69) is 10.2 Å². The third-order valence-electron chi connectivity index (χ3n) is 6.37. The molecule has 1 aliphatic rings. The second-order valence-corrected chi connectivity index (χ2v) is 9.09. The van der Waals surface area contributed by atoms with E-state index in [9.17, 15) is 23.2 Å². The first-order valence-electron chi connectivity index (χ1n) is 12.6. The highest BCUT2D eigenvalue weighted by Crippen LogP contribution is 2.21. The molecule has 0 spiro atoms. The minimum absolute atomic E-state index is 0.0798. The first kappa shape index (κ1) is 26.8. The zero-order chi connectivity index (χ0) is 27.1. The van der Waals surface area contributed by atoms with Crippen LogP contribution in [-0.4, -0.2) is 66.8 Å². The van der Waals surface area contributed by atoms with Gasteiger partial charge in [-0.1, -0.05) is 25.1 Å². The second kappa shape index (κ2) is 12.3. The van der Waals surface area contributed by atoms with Gasteiger partial charge in [-0.25, -0.2) is 8.78 Å². The van der Waals surface area contributed by atoms with Crippen LogP contribution in [0.25, 0.3) is 0 Å². The van der Waals surface area contributed by atoms with Crippen LogP contribution in [0.1, 0.15) is 34.1 Å². The van der Waals surface area contributed by atoms with Gasteiger partial charge in [0.1, 0.15) is 18.2 Å². The van der Waals surface area contributed by atoms with Crippen LogP contribution in [0.5, 0.6) is 0 Å². The predicted molar refractivity (Wildman–Crippen MR) is 142 cm³/mol. The Bertz CT molecular complexity index is 1290. The van der Waals surface area contributed by atoms with Crippen LogP contribution < -0.4 is 10.2 Å². The average Bonchev–Trinajstić information content (AvgIpc) is 2.93. The number of halogens is 2. The number of piperazine rings is 1. The van der Waals surface area contributed by atoms with Crippen molar-refractivity contribution in [2.45, 2.75) is 13.3 Å². The maximum atomic E-state index is 14.0. The number of amides is 3. The molecule has 1 heterocycles. The molecule has 1 N–H and O–H groups in total. The van der Waals surface area contributed by atoms with Crippen molar-refractivity contribution in [3.05, 3.63) is 95.6 Å². The summed E-state index contributed by atoms with van der Waals surface area (Å²) in [5, 5.41) is 2.81. The first-order chi connectivity index (χ1) is 18.4. The molecule has 0 bridgehead atoms. The molecule has 7 nitrogen and oxygen atoms in total. The summed E-state index contributed by atoms with van der Waals surface area (Å²) in [5.74, 6) is -2.09. The summed E-state index contributed by atoms with van der Waals surface area (Å²) >= 11 is 0. The normalized spacial score (nSPS) is 13.2. The molecule has 1 saturated heterocycles. The highest BCUT2D eigenvalue weighted by Gasteiger charge is 2.24. The van der Waals surface area contributed by atoms with E-state index >= 15 is 0 Å². The topological polar surface area (TPSA) is 73.0 Å². The number of hydrogen-bond acceptors (Lipinski definition) is 4. The SMILES string of the molecule is CCCN(CC(=O)Nc1ccc(N2CCN(C(=O)c3ccccc3F)CC2)cc1)C(=O)c1cccc(F)c1. The lowest BCUT2D eigenvalue weighted by atomic mass is 10.1. The van der Waals surface area contributed by atoms with Crippen molar-refractivity contribution < 1.29 is 23.2 Å². The first-order valence-corrected chi connectivity index (χ1v) is 12.6. The smallest absolute Gasteiger partial charge is 0.256 e. The van der Waals surface area contributed by atoms with Gasteiger partial charge in [0.25, 0.3) is 11.8 Å². The van der Waals surface area contributed by atoms with Gasteiger partial charge in [0.05, 0.1) is 5.56 Å². The van der Waals surface area contributed by atoms with Crippen molar-refractivity contribution in [2.24, 2.45) is 0 Å². The van der Waals surface area contributed by atoms with Crippen LogP contribution in [0.15, 0.2) is 72.8 Å². The standard InChI is InChI=1S/C29H30F2N4O3/c1-2-14-35(28(37)21-6-5-7-22(30)19-21)20-27(36)32-23-10-12-24(13-11-23)33-15-17-34(18-16-33)29(38)25-8-3-4-9-26(25)31/h3-13,19H,2,14-18,20H2,1H3,(H,32,36). The van der Waals surface area contributed by atoms with E-state index in [1.165, 1.54) is 35.2 Å². The Balaban J connectivity index is 1.31. The molecule has 0 saturated carbocycles. The molecular weight excluding hydrogens is 490 g/mol. The summed E-state index contributed by atoms with van der Waals surface area (Å²) in [5.41, 5.74) is 1.80. The summed E-state index contributed by atoms with van der Waals surface area (Å²) in [6.45, 7) is 4.25. The maximum Gasteiger partial charge on any atom is 0.256 e. The highest BCUT2D eigenvalue weighted by molar-refractivity contribution is 5.99. The Kier molecular flexibility index (Phi) is 8.68. The highest BCUT2D eigenvalue weighted by atomic mass is 19.1. The summed E-state index contributed by atoms with van der Waals surface area (Å²) in [7, 11) is 0. The molecular formula is C29H30F2N4O3. The molecule has 1 aliphatic heterocycles. The van der Waals surface area contributed by atoms with Gasteiger partial charge in [0, 0.05) is 49.7 Å². The lowest BCUT2D eigenvalue weighted by Gasteiger charge is -2.36. The average molecular weight is 521 g/mol. The fourth-order valence-electron chi connectivity index (χ4n) is 4.43. The molecule has 0 aromatic heterocycles. The summed E-state index contributed by atoms with van der Waals surface area (Å²) in [6.07, 6.45) is 0.655. The van der Waals surface area contributed by atoms with Crippen LogP contribution >= 0.6 is 0 Å². The summed E-state index contributed by atoms with van der Waals surface area (Å²) in [6, 6.07) is 18.7. The molecule has 3 aromatic rings. The Hall–Kier alpha value is -4.27. The van der Waals surface area contributed by atoms with Crippen molar-refractivity contribution in [1.82, 2.24) is 9.80 Å². The van der Waals surface area contributed by atoms with Crippen LogP contribution in [0.4, 0.5) is 20.2 Å². The minimum Gasteiger partial charge on any atom is -0.368 e. The van der Waals surface area contributed by atoms with E-state index in [0.717, 1.165) is 11.8 Å². The number of nitrogens with one attached hydrogen (secondary N) is 1. The van der Waals surface area contributed by atoms with Crippen LogP contribution in [0, 0.1) is 11.6 Å². The Labute approximate surface area is 220 Å². The fourth-order valence-corrected chi connectivity index (χ4v) is 4.43. The van der Waals surface area contributed by atoms with Crippen molar-refractivity contribution >= 4 is 29.1 Å². The molecule has 38 heavy (non-hydrogen) atoms. The zero-order valence-electron chi connectivity index (χ0n) is 21.2. The Morgan fingerprint density at radius 2 is 1.61 bits per heavy atom. The van der Waals surface area contributed by atoms with Gasteiger partial charge in [-0.2, -0.15) is 0 Å². The van der Waals surface area contributed by atoms with Crippen molar-refractivity contribution in [1.29, 1.82) is 0 Å². The third-order valence-corrected chi connectivity index (χ3v) is 6.37. The number of rotatable bonds is 8. The van der Waals surface area contributed by atoms with Gasteiger partial charge >= 0.3 is 0 Å². The van der Waals surface area contributed by atoms with E-state index < -0.39 is 17.5 Å². The molecule has 0 atom stereocenters. The van der Waals surface area contributed by atoms with Gasteiger partial charge in [-0.3, -0.25) is 14.4 Å². The fraction of sp³-hybridized carbons (Fsp3) is 0.276. The summed E-state index contributed by atoms with van der Waals surface area (Å²) < 4.78 is 27.5.